The first kappa shape index (κ1) is 18.0. The van der Waals surface area contributed by atoms with Crippen LogP contribution in [0.3, 0.4) is 0 Å². The molecule has 0 spiro atoms. The van der Waals surface area contributed by atoms with Gasteiger partial charge in [0.05, 0.1) is 0 Å². The molecule has 3 nitrogen and oxygen atoms in total. The lowest BCUT2D eigenvalue weighted by Gasteiger charge is -2.08. The summed E-state index contributed by atoms with van der Waals surface area (Å²) in [4.78, 5) is 4.13. The zero-order valence-corrected chi connectivity index (χ0v) is 13.6. The van der Waals surface area contributed by atoms with Gasteiger partial charge in [-0.15, -0.1) is 12.4 Å². The van der Waals surface area contributed by atoms with Crippen molar-refractivity contribution in [3.63, 3.8) is 0 Å². The molecule has 0 aliphatic rings. The number of nitrogens with two attached hydrogens (primary N) is 1. The Kier molecular flexibility index (Phi) is 6.86. The van der Waals surface area contributed by atoms with Gasteiger partial charge in [0.2, 0.25) is 0 Å². The summed E-state index contributed by atoms with van der Waals surface area (Å²) in [6.45, 7) is 4.10. The van der Waals surface area contributed by atoms with Crippen LogP contribution < -0.4 is 11.1 Å². The second kappa shape index (κ2) is 8.39. The second-order valence-electron chi connectivity index (χ2n) is 4.82. The summed E-state index contributed by atoms with van der Waals surface area (Å²) in [5.74, 6) is -0.199. The molecule has 0 saturated carbocycles. The SMILES string of the molecule is CCc1cccc(NC(N)=Nc2cc(CC)ccc2F)c1.Cl. The van der Waals surface area contributed by atoms with E-state index in [4.69, 9.17) is 5.73 Å². The molecule has 0 fully saturated rings. The quantitative estimate of drug-likeness (QED) is 0.646. The minimum atomic E-state index is -0.376. The summed E-state index contributed by atoms with van der Waals surface area (Å²) in [6.07, 6.45) is 1.77. The third-order valence-electron chi connectivity index (χ3n) is 3.27. The highest BCUT2D eigenvalue weighted by Crippen LogP contribution is 2.20. The molecule has 0 bridgehead atoms. The van der Waals surface area contributed by atoms with Crippen molar-refractivity contribution in [3.8, 4) is 0 Å². The second-order valence-corrected chi connectivity index (χ2v) is 4.82. The smallest absolute Gasteiger partial charge is 0.198 e. The number of nitrogens with one attached hydrogen (secondary N) is 1. The van der Waals surface area contributed by atoms with Crippen LogP contribution in [0.4, 0.5) is 15.8 Å². The maximum Gasteiger partial charge on any atom is 0.198 e. The van der Waals surface area contributed by atoms with E-state index in [-0.39, 0.29) is 29.9 Å². The molecule has 118 valence electrons. The highest BCUT2D eigenvalue weighted by Gasteiger charge is 2.03. The predicted molar refractivity (Wildman–Crippen MR) is 93.8 cm³/mol. The van der Waals surface area contributed by atoms with Crippen molar-refractivity contribution >= 4 is 29.7 Å². The highest BCUT2D eigenvalue weighted by molar-refractivity contribution is 5.94. The molecule has 0 unspecified atom stereocenters. The lowest BCUT2D eigenvalue weighted by molar-refractivity contribution is 0.629. The molecular weight excluding hydrogens is 301 g/mol. The van der Waals surface area contributed by atoms with Crippen molar-refractivity contribution in [1.29, 1.82) is 0 Å². The molecule has 0 amide bonds. The zero-order valence-electron chi connectivity index (χ0n) is 12.8. The van der Waals surface area contributed by atoms with E-state index in [2.05, 4.69) is 17.2 Å². The molecular formula is C17H21ClFN3. The van der Waals surface area contributed by atoms with Gasteiger partial charge in [-0.1, -0.05) is 32.0 Å². The average molecular weight is 322 g/mol. The van der Waals surface area contributed by atoms with Crippen LogP contribution in [0.5, 0.6) is 0 Å². The van der Waals surface area contributed by atoms with Crippen molar-refractivity contribution in [1.82, 2.24) is 0 Å². The van der Waals surface area contributed by atoms with E-state index in [9.17, 15) is 4.39 Å². The largest absolute Gasteiger partial charge is 0.369 e. The maximum atomic E-state index is 13.7. The van der Waals surface area contributed by atoms with E-state index in [1.165, 1.54) is 11.6 Å². The summed E-state index contributed by atoms with van der Waals surface area (Å²) in [5.41, 5.74) is 9.19. The van der Waals surface area contributed by atoms with Crippen LogP contribution in [-0.4, -0.2) is 5.96 Å². The zero-order chi connectivity index (χ0) is 15.2. The van der Waals surface area contributed by atoms with Gasteiger partial charge < -0.3 is 11.1 Å². The molecule has 0 atom stereocenters. The Labute approximate surface area is 136 Å². The van der Waals surface area contributed by atoms with Gasteiger partial charge in [-0.3, -0.25) is 0 Å². The van der Waals surface area contributed by atoms with Gasteiger partial charge >= 0.3 is 0 Å². The summed E-state index contributed by atoms with van der Waals surface area (Å²) in [6, 6.07) is 12.8. The highest BCUT2D eigenvalue weighted by atomic mass is 35.5. The summed E-state index contributed by atoms with van der Waals surface area (Å²) in [7, 11) is 0. The number of guanidine groups is 1. The number of halogens is 2. The van der Waals surface area contributed by atoms with E-state index >= 15 is 0 Å². The fraction of sp³-hybridized carbons (Fsp3) is 0.235. The lowest BCUT2D eigenvalue weighted by atomic mass is 10.1. The van der Waals surface area contributed by atoms with Gasteiger partial charge in [-0.25, -0.2) is 9.38 Å². The minimum Gasteiger partial charge on any atom is -0.369 e. The molecule has 2 aromatic rings. The molecule has 0 heterocycles. The first-order valence-electron chi connectivity index (χ1n) is 7.11. The summed E-state index contributed by atoms with van der Waals surface area (Å²) in [5, 5.41) is 2.99. The number of hydrogen-bond donors (Lipinski definition) is 2. The Morgan fingerprint density at radius 3 is 2.45 bits per heavy atom. The molecule has 5 heteroatoms. The molecule has 22 heavy (non-hydrogen) atoms. The van der Waals surface area contributed by atoms with Crippen molar-refractivity contribution in [2.75, 3.05) is 5.32 Å². The third kappa shape index (κ3) is 4.74. The molecule has 3 N–H and O–H groups in total. The fourth-order valence-corrected chi connectivity index (χ4v) is 2.04. The van der Waals surface area contributed by atoms with Gasteiger partial charge in [0.1, 0.15) is 11.5 Å². The molecule has 0 saturated heterocycles. The van der Waals surface area contributed by atoms with Crippen LogP contribution in [0.25, 0.3) is 0 Å². The standard InChI is InChI=1S/C17H20FN3.ClH/c1-3-12-6-5-7-14(10-12)20-17(19)21-16-11-13(4-2)8-9-15(16)18;/h5-11H,3-4H2,1-2H3,(H3,19,20,21);1H. The van der Waals surface area contributed by atoms with Crippen molar-refractivity contribution < 1.29 is 4.39 Å². The van der Waals surface area contributed by atoms with Gasteiger partial charge in [0.25, 0.3) is 0 Å². The molecule has 0 aliphatic carbocycles. The lowest BCUT2D eigenvalue weighted by Crippen LogP contribution is -2.22. The fourth-order valence-electron chi connectivity index (χ4n) is 2.04. The van der Waals surface area contributed by atoms with Gasteiger partial charge in [-0.05, 0) is 48.2 Å². The van der Waals surface area contributed by atoms with Crippen LogP contribution in [0.2, 0.25) is 0 Å². The van der Waals surface area contributed by atoms with E-state index in [1.54, 1.807) is 12.1 Å². The van der Waals surface area contributed by atoms with Crippen molar-refractivity contribution in [2.24, 2.45) is 10.7 Å². The molecule has 0 radical (unpaired) electrons. The van der Waals surface area contributed by atoms with E-state index < -0.39 is 0 Å². The van der Waals surface area contributed by atoms with Crippen LogP contribution in [0, 0.1) is 5.82 Å². The van der Waals surface area contributed by atoms with Crippen LogP contribution in [-0.2, 0) is 12.8 Å². The predicted octanol–water partition coefficient (Wildman–Crippen LogP) is 4.43. The normalized spacial score (nSPS) is 11.0. The van der Waals surface area contributed by atoms with E-state index in [0.29, 0.717) is 0 Å². The van der Waals surface area contributed by atoms with Gasteiger partial charge in [-0.2, -0.15) is 0 Å². The van der Waals surface area contributed by atoms with E-state index in [1.807, 2.05) is 31.2 Å². The molecule has 2 rings (SSSR count). The first-order valence-corrected chi connectivity index (χ1v) is 7.11. The molecule has 0 aromatic heterocycles. The first-order chi connectivity index (χ1) is 10.1. The average Bonchev–Trinajstić information content (AvgIpc) is 2.49. The Bertz CT molecular complexity index is 656. The number of benzene rings is 2. The van der Waals surface area contributed by atoms with Crippen LogP contribution in [0.15, 0.2) is 47.5 Å². The van der Waals surface area contributed by atoms with Crippen molar-refractivity contribution in [3.05, 3.63) is 59.4 Å². The minimum absolute atomic E-state index is 0. The molecule has 2 aromatic carbocycles. The number of aryl methyl sites for hydroxylation is 2. The summed E-state index contributed by atoms with van der Waals surface area (Å²) < 4.78 is 13.7. The van der Waals surface area contributed by atoms with Gasteiger partial charge in [0, 0.05) is 5.69 Å². The number of nitrogens with zero attached hydrogens (tertiary/aromatic N) is 1. The Morgan fingerprint density at radius 2 is 1.77 bits per heavy atom. The Hall–Kier alpha value is -2.07. The van der Waals surface area contributed by atoms with Crippen molar-refractivity contribution in [2.45, 2.75) is 26.7 Å². The third-order valence-corrected chi connectivity index (χ3v) is 3.27. The Morgan fingerprint density at radius 1 is 1.09 bits per heavy atom. The topological polar surface area (TPSA) is 50.4 Å². The summed E-state index contributed by atoms with van der Waals surface area (Å²) >= 11 is 0. The number of rotatable bonds is 4. The van der Waals surface area contributed by atoms with Crippen LogP contribution >= 0.6 is 12.4 Å². The van der Waals surface area contributed by atoms with Crippen LogP contribution in [0.1, 0.15) is 25.0 Å². The van der Waals surface area contributed by atoms with E-state index in [0.717, 1.165) is 24.1 Å². The maximum absolute atomic E-state index is 13.7. The molecule has 0 aliphatic heterocycles. The van der Waals surface area contributed by atoms with Gasteiger partial charge in [0.15, 0.2) is 5.96 Å². The monoisotopic (exact) mass is 321 g/mol. The number of anilines is 1. The Balaban J connectivity index is 0.00000242. The number of aliphatic imine (C=N–C) groups is 1. The number of hydrogen-bond acceptors (Lipinski definition) is 1.